The fraction of sp³-hybridized carbons (Fsp3) is 0.190. The van der Waals surface area contributed by atoms with Crippen molar-refractivity contribution < 1.29 is 4.79 Å². The first kappa shape index (κ1) is 17.0. The average molecular weight is 359 g/mol. The Morgan fingerprint density at radius 3 is 2.37 bits per heavy atom. The molecule has 1 fully saturated rings. The number of piperazine rings is 1. The summed E-state index contributed by atoms with van der Waals surface area (Å²) in [4.78, 5) is 25.7. The summed E-state index contributed by atoms with van der Waals surface area (Å²) in [5.74, 6) is 0.855. The standard InChI is InChI=1S/C21H21N5O/c27-21(24-18-6-2-1-3-7-18)17-14-19(16-22-15-17)25-10-12-26(13-11-25)20-8-4-5-9-23-20/h1-9,14-16H,10-13H2,(H,24,27). The fourth-order valence-electron chi connectivity index (χ4n) is 3.18. The van der Waals surface area contributed by atoms with Gasteiger partial charge in [-0.2, -0.15) is 0 Å². The van der Waals surface area contributed by atoms with Crippen molar-refractivity contribution in [2.24, 2.45) is 0 Å². The Morgan fingerprint density at radius 1 is 0.889 bits per heavy atom. The first-order chi connectivity index (χ1) is 13.3. The van der Waals surface area contributed by atoms with Crippen LogP contribution in [-0.4, -0.2) is 42.1 Å². The molecule has 0 saturated carbocycles. The maximum absolute atomic E-state index is 12.5. The molecular weight excluding hydrogens is 338 g/mol. The zero-order valence-electron chi connectivity index (χ0n) is 15.0. The van der Waals surface area contributed by atoms with Gasteiger partial charge in [0.2, 0.25) is 0 Å². The van der Waals surface area contributed by atoms with Gasteiger partial charge in [0.15, 0.2) is 0 Å². The van der Waals surface area contributed by atoms with E-state index in [1.807, 2.05) is 67.0 Å². The maximum Gasteiger partial charge on any atom is 0.257 e. The van der Waals surface area contributed by atoms with Crippen molar-refractivity contribution in [1.82, 2.24) is 9.97 Å². The lowest BCUT2D eigenvalue weighted by Crippen LogP contribution is -2.46. The van der Waals surface area contributed by atoms with E-state index in [0.717, 1.165) is 43.4 Å². The van der Waals surface area contributed by atoms with E-state index in [9.17, 15) is 4.79 Å². The van der Waals surface area contributed by atoms with Crippen LogP contribution in [0.4, 0.5) is 17.2 Å². The Bertz CT molecular complexity index is 893. The lowest BCUT2D eigenvalue weighted by Gasteiger charge is -2.36. The van der Waals surface area contributed by atoms with Gasteiger partial charge in [0.05, 0.1) is 17.4 Å². The molecule has 6 heteroatoms. The highest BCUT2D eigenvalue weighted by Gasteiger charge is 2.19. The van der Waals surface area contributed by atoms with Crippen LogP contribution in [0.15, 0.2) is 73.2 Å². The van der Waals surface area contributed by atoms with Crippen LogP contribution in [0, 0.1) is 0 Å². The molecule has 27 heavy (non-hydrogen) atoms. The fourth-order valence-corrected chi connectivity index (χ4v) is 3.18. The number of amides is 1. The molecule has 0 aliphatic carbocycles. The van der Waals surface area contributed by atoms with E-state index < -0.39 is 0 Å². The number of aromatic nitrogens is 2. The third-order valence-corrected chi connectivity index (χ3v) is 4.64. The van der Waals surface area contributed by atoms with Gasteiger partial charge in [-0.15, -0.1) is 0 Å². The summed E-state index contributed by atoms with van der Waals surface area (Å²) in [5, 5.41) is 2.90. The number of carbonyl (C=O) groups is 1. The van der Waals surface area contributed by atoms with Crippen molar-refractivity contribution in [2.45, 2.75) is 0 Å². The summed E-state index contributed by atoms with van der Waals surface area (Å²) in [7, 11) is 0. The van der Waals surface area contributed by atoms with Crippen molar-refractivity contribution in [3.8, 4) is 0 Å². The molecule has 0 unspecified atom stereocenters. The number of benzene rings is 1. The Hall–Kier alpha value is -3.41. The molecule has 0 atom stereocenters. The van der Waals surface area contributed by atoms with Gasteiger partial charge in [0.25, 0.3) is 5.91 Å². The van der Waals surface area contributed by atoms with Crippen LogP contribution >= 0.6 is 0 Å². The van der Waals surface area contributed by atoms with Crippen LogP contribution in [0.25, 0.3) is 0 Å². The molecule has 0 spiro atoms. The normalized spacial score (nSPS) is 14.1. The van der Waals surface area contributed by atoms with Gasteiger partial charge in [-0.1, -0.05) is 24.3 Å². The number of anilines is 3. The molecule has 0 bridgehead atoms. The van der Waals surface area contributed by atoms with Crippen LogP contribution in [-0.2, 0) is 0 Å². The second kappa shape index (κ2) is 7.86. The van der Waals surface area contributed by atoms with E-state index in [-0.39, 0.29) is 5.91 Å². The van der Waals surface area contributed by atoms with Crippen molar-refractivity contribution >= 4 is 23.1 Å². The Kier molecular flexibility index (Phi) is 4.96. The van der Waals surface area contributed by atoms with Gasteiger partial charge in [-0.25, -0.2) is 4.98 Å². The molecule has 0 radical (unpaired) electrons. The lowest BCUT2D eigenvalue weighted by atomic mass is 10.2. The van der Waals surface area contributed by atoms with Gasteiger partial charge in [0, 0.05) is 44.3 Å². The number of para-hydroxylation sites is 1. The summed E-state index contributed by atoms with van der Waals surface area (Å²) in [6, 6.07) is 17.3. The average Bonchev–Trinajstić information content (AvgIpc) is 2.75. The molecule has 3 heterocycles. The predicted octanol–water partition coefficient (Wildman–Crippen LogP) is 3.06. The molecule has 1 aromatic carbocycles. The smallest absolute Gasteiger partial charge is 0.257 e. The minimum absolute atomic E-state index is 0.150. The highest BCUT2D eigenvalue weighted by Crippen LogP contribution is 2.20. The molecule has 1 aliphatic rings. The largest absolute Gasteiger partial charge is 0.367 e. The Morgan fingerprint density at radius 2 is 1.63 bits per heavy atom. The van der Waals surface area contributed by atoms with Gasteiger partial charge in [-0.05, 0) is 30.3 Å². The number of nitrogens with one attached hydrogen (secondary N) is 1. The zero-order chi connectivity index (χ0) is 18.5. The van der Waals surface area contributed by atoms with E-state index in [2.05, 4.69) is 25.1 Å². The first-order valence-electron chi connectivity index (χ1n) is 9.02. The summed E-state index contributed by atoms with van der Waals surface area (Å²) in [5.41, 5.74) is 2.30. The second-order valence-electron chi connectivity index (χ2n) is 6.41. The summed E-state index contributed by atoms with van der Waals surface area (Å²) < 4.78 is 0. The topological polar surface area (TPSA) is 61.4 Å². The Balaban J connectivity index is 1.42. The molecule has 1 amide bonds. The third kappa shape index (κ3) is 4.06. The van der Waals surface area contributed by atoms with Crippen molar-refractivity contribution in [3.05, 3.63) is 78.8 Å². The molecule has 1 N–H and O–H groups in total. The molecule has 6 nitrogen and oxygen atoms in total. The monoisotopic (exact) mass is 359 g/mol. The van der Waals surface area contributed by atoms with Gasteiger partial charge >= 0.3 is 0 Å². The number of hydrogen-bond donors (Lipinski definition) is 1. The Labute approximate surface area is 158 Å². The highest BCUT2D eigenvalue weighted by molar-refractivity contribution is 6.04. The van der Waals surface area contributed by atoms with E-state index in [1.54, 1.807) is 6.20 Å². The number of hydrogen-bond acceptors (Lipinski definition) is 5. The van der Waals surface area contributed by atoms with Crippen LogP contribution in [0.5, 0.6) is 0 Å². The molecule has 3 aromatic rings. The van der Waals surface area contributed by atoms with Crippen LogP contribution in [0.1, 0.15) is 10.4 Å². The summed E-state index contributed by atoms with van der Waals surface area (Å²) in [6.07, 6.45) is 5.24. The van der Waals surface area contributed by atoms with Crippen LogP contribution < -0.4 is 15.1 Å². The lowest BCUT2D eigenvalue weighted by molar-refractivity contribution is 0.102. The number of rotatable bonds is 4. The van der Waals surface area contributed by atoms with E-state index in [4.69, 9.17) is 0 Å². The summed E-state index contributed by atoms with van der Waals surface area (Å²) >= 11 is 0. The van der Waals surface area contributed by atoms with E-state index in [1.165, 1.54) is 0 Å². The molecule has 2 aromatic heterocycles. The zero-order valence-corrected chi connectivity index (χ0v) is 15.0. The van der Waals surface area contributed by atoms with Crippen LogP contribution in [0.3, 0.4) is 0 Å². The van der Waals surface area contributed by atoms with Crippen molar-refractivity contribution in [1.29, 1.82) is 0 Å². The second-order valence-corrected chi connectivity index (χ2v) is 6.41. The molecule has 1 aliphatic heterocycles. The molecule has 4 rings (SSSR count). The van der Waals surface area contributed by atoms with Crippen molar-refractivity contribution in [2.75, 3.05) is 41.3 Å². The quantitative estimate of drug-likeness (QED) is 0.776. The van der Waals surface area contributed by atoms with Crippen molar-refractivity contribution in [3.63, 3.8) is 0 Å². The van der Waals surface area contributed by atoms with Crippen LogP contribution in [0.2, 0.25) is 0 Å². The van der Waals surface area contributed by atoms with Gasteiger partial charge in [0.1, 0.15) is 5.82 Å². The number of nitrogens with zero attached hydrogens (tertiary/aromatic N) is 4. The number of pyridine rings is 2. The first-order valence-corrected chi connectivity index (χ1v) is 9.02. The molecule has 1 saturated heterocycles. The third-order valence-electron chi connectivity index (χ3n) is 4.64. The SMILES string of the molecule is O=C(Nc1ccccc1)c1cncc(N2CCN(c3ccccn3)CC2)c1. The van der Waals surface area contributed by atoms with E-state index >= 15 is 0 Å². The van der Waals surface area contributed by atoms with Gasteiger partial charge in [-0.3, -0.25) is 9.78 Å². The number of carbonyl (C=O) groups excluding carboxylic acids is 1. The minimum Gasteiger partial charge on any atom is -0.367 e. The highest BCUT2D eigenvalue weighted by atomic mass is 16.1. The van der Waals surface area contributed by atoms with E-state index in [0.29, 0.717) is 5.56 Å². The maximum atomic E-state index is 12.5. The minimum atomic E-state index is -0.150. The molecule has 136 valence electrons. The predicted molar refractivity (Wildman–Crippen MR) is 107 cm³/mol. The molecular formula is C21H21N5O. The summed E-state index contributed by atoms with van der Waals surface area (Å²) in [6.45, 7) is 3.50. The van der Waals surface area contributed by atoms with Gasteiger partial charge < -0.3 is 15.1 Å².